The molecular formula is C13H27N3O2S. The number of sulfonamides is 1. The molecule has 0 amide bonds. The standard InChI is InChI=1S/C13H27N3O2S/c1-10(2)14-9-11(3)19(17,18)15-12-6-8-16-7-4-5-13(12)16/h10-15H,4-9H2,1-3H3. The van der Waals surface area contributed by atoms with Crippen LogP contribution in [-0.4, -0.2) is 56.3 Å². The van der Waals surface area contributed by atoms with E-state index in [2.05, 4.69) is 14.9 Å². The predicted molar refractivity (Wildman–Crippen MR) is 77.7 cm³/mol. The third kappa shape index (κ3) is 3.68. The number of rotatable bonds is 6. The molecule has 2 N–H and O–H groups in total. The second kappa shape index (κ2) is 6.08. The molecule has 0 saturated carbocycles. The zero-order valence-corrected chi connectivity index (χ0v) is 13.0. The molecule has 0 spiro atoms. The molecule has 3 unspecified atom stereocenters. The lowest BCUT2D eigenvalue weighted by Gasteiger charge is -2.23. The quantitative estimate of drug-likeness (QED) is 0.749. The number of hydrogen-bond acceptors (Lipinski definition) is 4. The molecule has 0 aromatic carbocycles. The fourth-order valence-corrected chi connectivity index (χ4v) is 4.30. The lowest BCUT2D eigenvalue weighted by molar-refractivity contribution is 0.308. The molecule has 2 saturated heterocycles. The van der Waals surface area contributed by atoms with Gasteiger partial charge in [-0.2, -0.15) is 0 Å². The van der Waals surface area contributed by atoms with E-state index in [-0.39, 0.29) is 11.3 Å². The lowest BCUT2D eigenvalue weighted by Crippen LogP contribution is -2.48. The van der Waals surface area contributed by atoms with Gasteiger partial charge in [-0.3, -0.25) is 4.90 Å². The lowest BCUT2D eigenvalue weighted by atomic mass is 10.1. The summed E-state index contributed by atoms with van der Waals surface area (Å²) in [6, 6.07) is 0.864. The van der Waals surface area contributed by atoms with E-state index in [9.17, 15) is 8.42 Å². The third-order valence-electron chi connectivity index (χ3n) is 4.26. The third-order valence-corrected chi connectivity index (χ3v) is 6.12. The van der Waals surface area contributed by atoms with E-state index in [0.717, 1.165) is 25.9 Å². The Morgan fingerprint density at radius 3 is 2.63 bits per heavy atom. The summed E-state index contributed by atoms with van der Waals surface area (Å²) in [4.78, 5) is 2.42. The van der Waals surface area contributed by atoms with Crippen molar-refractivity contribution in [2.45, 2.75) is 63.4 Å². The molecule has 2 rings (SSSR count). The van der Waals surface area contributed by atoms with E-state index in [4.69, 9.17) is 0 Å². The van der Waals surface area contributed by atoms with Crippen molar-refractivity contribution in [3.63, 3.8) is 0 Å². The SMILES string of the molecule is CC(C)NCC(C)S(=O)(=O)NC1CCN2CCCC12. The number of nitrogens with one attached hydrogen (secondary N) is 2. The molecule has 0 radical (unpaired) electrons. The van der Waals surface area contributed by atoms with Gasteiger partial charge in [0.1, 0.15) is 0 Å². The van der Waals surface area contributed by atoms with E-state index in [1.165, 1.54) is 6.42 Å². The molecular weight excluding hydrogens is 262 g/mol. The average molecular weight is 289 g/mol. The normalized spacial score (nSPS) is 29.9. The van der Waals surface area contributed by atoms with Crippen molar-refractivity contribution in [2.75, 3.05) is 19.6 Å². The molecule has 0 bridgehead atoms. The minimum absolute atomic E-state index is 0.119. The Kier molecular flexibility index (Phi) is 4.87. The van der Waals surface area contributed by atoms with Crippen LogP contribution in [0.3, 0.4) is 0 Å². The first-order valence-electron chi connectivity index (χ1n) is 7.38. The van der Waals surface area contributed by atoms with Crippen LogP contribution in [0.15, 0.2) is 0 Å². The van der Waals surface area contributed by atoms with Gasteiger partial charge in [0.15, 0.2) is 0 Å². The molecule has 0 aromatic heterocycles. The maximum absolute atomic E-state index is 12.3. The molecule has 19 heavy (non-hydrogen) atoms. The van der Waals surface area contributed by atoms with E-state index in [0.29, 0.717) is 18.6 Å². The van der Waals surface area contributed by atoms with Gasteiger partial charge in [-0.05, 0) is 32.7 Å². The Morgan fingerprint density at radius 2 is 1.95 bits per heavy atom. The Balaban J connectivity index is 1.89. The Labute approximate surface area is 117 Å². The first-order valence-corrected chi connectivity index (χ1v) is 8.93. The highest BCUT2D eigenvalue weighted by molar-refractivity contribution is 7.90. The predicted octanol–water partition coefficient (Wildman–Crippen LogP) is 0.529. The van der Waals surface area contributed by atoms with Crippen LogP contribution in [-0.2, 0) is 10.0 Å². The molecule has 6 heteroatoms. The van der Waals surface area contributed by atoms with Gasteiger partial charge in [0.25, 0.3) is 0 Å². The minimum Gasteiger partial charge on any atom is -0.313 e. The highest BCUT2D eigenvalue weighted by Crippen LogP contribution is 2.28. The summed E-state index contributed by atoms with van der Waals surface area (Å²) in [6.45, 7) is 8.51. The second-order valence-corrected chi connectivity index (χ2v) is 8.31. The largest absolute Gasteiger partial charge is 0.313 e. The number of fused-ring (bicyclic) bond motifs is 1. The molecule has 2 aliphatic heterocycles. The molecule has 112 valence electrons. The van der Waals surface area contributed by atoms with Gasteiger partial charge in [0.05, 0.1) is 5.25 Å². The Hall–Kier alpha value is -0.170. The van der Waals surface area contributed by atoms with Crippen LogP contribution in [0.1, 0.15) is 40.0 Å². The highest BCUT2D eigenvalue weighted by Gasteiger charge is 2.39. The smallest absolute Gasteiger partial charge is 0.215 e. The summed E-state index contributed by atoms with van der Waals surface area (Å²) in [6.07, 6.45) is 3.29. The summed E-state index contributed by atoms with van der Waals surface area (Å²) in [5, 5.41) is 2.81. The van der Waals surface area contributed by atoms with E-state index in [1.807, 2.05) is 13.8 Å². The fraction of sp³-hybridized carbons (Fsp3) is 1.00. The zero-order valence-electron chi connectivity index (χ0n) is 12.2. The van der Waals surface area contributed by atoms with Gasteiger partial charge in [-0.1, -0.05) is 13.8 Å². The molecule has 2 fully saturated rings. The van der Waals surface area contributed by atoms with Crippen LogP contribution >= 0.6 is 0 Å². The van der Waals surface area contributed by atoms with Crippen molar-refractivity contribution < 1.29 is 8.42 Å². The van der Waals surface area contributed by atoms with Crippen LogP contribution < -0.4 is 10.0 Å². The van der Waals surface area contributed by atoms with Crippen LogP contribution in [0.25, 0.3) is 0 Å². The van der Waals surface area contributed by atoms with Crippen molar-refractivity contribution in [3.05, 3.63) is 0 Å². The van der Waals surface area contributed by atoms with Gasteiger partial charge in [-0.15, -0.1) is 0 Å². The molecule has 3 atom stereocenters. The number of hydrogen-bond donors (Lipinski definition) is 2. The molecule has 0 aromatic rings. The maximum atomic E-state index is 12.3. The molecule has 0 aliphatic carbocycles. The van der Waals surface area contributed by atoms with Crippen LogP contribution in [0.5, 0.6) is 0 Å². The van der Waals surface area contributed by atoms with Crippen LogP contribution in [0.4, 0.5) is 0 Å². The van der Waals surface area contributed by atoms with Gasteiger partial charge in [0, 0.05) is 31.2 Å². The van der Waals surface area contributed by atoms with Gasteiger partial charge in [-0.25, -0.2) is 13.1 Å². The first-order chi connectivity index (χ1) is 8.90. The average Bonchev–Trinajstić information content (AvgIpc) is 2.90. The van der Waals surface area contributed by atoms with E-state index >= 15 is 0 Å². The first kappa shape index (κ1) is 15.2. The minimum atomic E-state index is -3.22. The van der Waals surface area contributed by atoms with Crippen molar-refractivity contribution in [1.82, 2.24) is 14.9 Å². The highest BCUT2D eigenvalue weighted by atomic mass is 32.2. The number of nitrogens with zero attached hydrogens (tertiary/aromatic N) is 1. The topological polar surface area (TPSA) is 61.4 Å². The summed E-state index contributed by atoms with van der Waals surface area (Å²) in [7, 11) is -3.22. The molecule has 2 aliphatic rings. The zero-order chi connectivity index (χ0) is 14.0. The van der Waals surface area contributed by atoms with E-state index in [1.54, 1.807) is 6.92 Å². The monoisotopic (exact) mass is 289 g/mol. The molecule has 5 nitrogen and oxygen atoms in total. The van der Waals surface area contributed by atoms with Crippen molar-refractivity contribution >= 4 is 10.0 Å². The summed E-state index contributed by atoms with van der Waals surface area (Å²) < 4.78 is 27.6. The van der Waals surface area contributed by atoms with Crippen molar-refractivity contribution in [3.8, 4) is 0 Å². The molecule has 2 heterocycles. The van der Waals surface area contributed by atoms with Crippen LogP contribution in [0, 0.1) is 0 Å². The summed E-state index contributed by atoms with van der Waals surface area (Å²) in [5.41, 5.74) is 0. The van der Waals surface area contributed by atoms with Gasteiger partial charge >= 0.3 is 0 Å². The maximum Gasteiger partial charge on any atom is 0.215 e. The summed E-state index contributed by atoms with van der Waals surface area (Å²) >= 11 is 0. The van der Waals surface area contributed by atoms with E-state index < -0.39 is 10.0 Å². The van der Waals surface area contributed by atoms with Crippen molar-refractivity contribution in [2.24, 2.45) is 0 Å². The fourth-order valence-electron chi connectivity index (χ4n) is 3.06. The van der Waals surface area contributed by atoms with Gasteiger partial charge < -0.3 is 5.32 Å². The van der Waals surface area contributed by atoms with Gasteiger partial charge in [0.2, 0.25) is 10.0 Å². The second-order valence-electron chi connectivity index (χ2n) is 6.18. The van der Waals surface area contributed by atoms with Crippen LogP contribution in [0.2, 0.25) is 0 Å². The Morgan fingerprint density at radius 1 is 1.21 bits per heavy atom. The van der Waals surface area contributed by atoms with Crippen molar-refractivity contribution in [1.29, 1.82) is 0 Å². The summed E-state index contributed by atoms with van der Waals surface area (Å²) in [5.74, 6) is 0. The Bertz CT molecular complexity index is 397.